The molecule has 0 saturated carbocycles. The van der Waals surface area contributed by atoms with Gasteiger partial charge in [-0.2, -0.15) is 5.26 Å². The van der Waals surface area contributed by atoms with Gasteiger partial charge in [-0.15, -0.1) is 11.8 Å². The van der Waals surface area contributed by atoms with Crippen molar-refractivity contribution in [3.63, 3.8) is 0 Å². The molecule has 0 unspecified atom stereocenters. The lowest BCUT2D eigenvalue weighted by atomic mass is 10.1. The smallest absolute Gasteiger partial charge is 0.230 e. The fourth-order valence-electron chi connectivity index (χ4n) is 1.57. The molecule has 0 aromatic heterocycles. The first kappa shape index (κ1) is 17.5. The van der Waals surface area contributed by atoms with Gasteiger partial charge in [0.05, 0.1) is 18.2 Å². The van der Waals surface area contributed by atoms with Crippen molar-refractivity contribution in [3.8, 4) is 6.07 Å². The highest BCUT2D eigenvalue weighted by Gasteiger charge is 2.08. The number of nitrogens with zero attached hydrogens (tertiary/aromatic N) is 1. The molecule has 1 aromatic rings. The zero-order valence-corrected chi connectivity index (χ0v) is 13.7. The van der Waals surface area contributed by atoms with E-state index in [1.165, 1.54) is 17.3 Å². The van der Waals surface area contributed by atoms with Crippen LogP contribution in [0.5, 0.6) is 0 Å². The molecule has 0 atom stereocenters. The van der Waals surface area contributed by atoms with Crippen molar-refractivity contribution in [2.45, 2.75) is 44.2 Å². The first-order valence-corrected chi connectivity index (χ1v) is 8.00. The SMILES string of the molecule is CC(C)(C)NCc1cccc(SCC(=O)NCCC#N)c1. The van der Waals surface area contributed by atoms with Gasteiger partial charge in [0, 0.05) is 23.5 Å². The Hall–Kier alpha value is -1.51. The van der Waals surface area contributed by atoms with Crippen molar-refractivity contribution >= 4 is 17.7 Å². The monoisotopic (exact) mass is 305 g/mol. The van der Waals surface area contributed by atoms with Gasteiger partial charge in [0.25, 0.3) is 0 Å². The first-order chi connectivity index (χ1) is 9.90. The quantitative estimate of drug-likeness (QED) is 0.600. The van der Waals surface area contributed by atoms with Gasteiger partial charge in [0.1, 0.15) is 0 Å². The Labute approximate surface area is 131 Å². The summed E-state index contributed by atoms with van der Waals surface area (Å²) in [6, 6.07) is 10.2. The van der Waals surface area contributed by atoms with Gasteiger partial charge in [-0.3, -0.25) is 4.79 Å². The van der Waals surface area contributed by atoms with Crippen LogP contribution < -0.4 is 10.6 Å². The third-order valence-corrected chi connectivity index (χ3v) is 3.64. The Bertz CT molecular complexity index is 503. The number of hydrogen-bond acceptors (Lipinski definition) is 4. The van der Waals surface area contributed by atoms with Crippen LogP contribution in [0.3, 0.4) is 0 Å². The van der Waals surface area contributed by atoms with Crippen LogP contribution >= 0.6 is 11.8 Å². The second-order valence-corrected chi connectivity index (χ2v) is 6.85. The van der Waals surface area contributed by atoms with E-state index in [9.17, 15) is 4.79 Å². The van der Waals surface area contributed by atoms with Gasteiger partial charge in [-0.25, -0.2) is 0 Å². The lowest BCUT2D eigenvalue weighted by Crippen LogP contribution is -2.35. The number of amides is 1. The van der Waals surface area contributed by atoms with Gasteiger partial charge in [0.15, 0.2) is 0 Å². The lowest BCUT2D eigenvalue weighted by molar-refractivity contribution is -0.118. The Morgan fingerprint density at radius 2 is 2.14 bits per heavy atom. The molecule has 0 aliphatic carbocycles. The van der Waals surface area contributed by atoms with Gasteiger partial charge < -0.3 is 10.6 Å². The average Bonchev–Trinajstić information content (AvgIpc) is 2.43. The maximum absolute atomic E-state index is 11.6. The maximum Gasteiger partial charge on any atom is 0.230 e. The van der Waals surface area contributed by atoms with E-state index in [4.69, 9.17) is 5.26 Å². The number of hydrogen-bond donors (Lipinski definition) is 2. The zero-order chi connectivity index (χ0) is 15.7. The number of carbonyl (C=O) groups excluding carboxylic acids is 1. The second kappa shape index (κ2) is 8.71. The third kappa shape index (κ3) is 8.38. The van der Waals surface area contributed by atoms with Gasteiger partial charge in [-0.1, -0.05) is 12.1 Å². The highest BCUT2D eigenvalue weighted by Crippen LogP contribution is 2.19. The first-order valence-electron chi connectivity index (χ1n) is 7.01. The highest BCUT2D eigenvalue weighted by atomic mass is 32.2. The number of nitrogens with one attached hydrogen (secondary N) is 2. The fourth-order valence-corrected chi connectivity index (χ4v) is 2.38. The van der Waals surface area contributed by atoms with E-state index in [0.717, 1.165) is 11.4 Å². The summed E-state index contributed by atoms with van der Waals surface area (Å²) in [7, 11) is 0. The number of thioether (sulfide) groups is 1. The standard InChI is InChI=1S/C16H23N3OS/c1-16(2,3)19-11-13-6-4-7-14(10-13)21-12-15(20)18-9-5-8-17/h4,6-7,10,19H,5,9,11-12H2,1-3H3,(H,18,20). The van der Waals surface area contributed by atoms with Gasteiger partial charge in [-0.05, 0) is 38.5 Å². The van der Waals surface area contributed by atoms with Crippen LogP contribution in [0.1, 0.15) is 32.8 Å². The molecule has 0 radical (unpaired) electrons. The Morgan fingerprint density at radius 1 is 1.38 bits per heavy atom. The van der Waals surface area contributed by atoms with Crippen LogP contribution in [0.4, 0.5) is 0 Å². The zero-order valence-electron chi connectivity index (χ0n) is 12.9. The minimum absolute atomic E-state index is 0.0338. The molecular formula is C16H23N3OS. The number of rotatable bonds is 7. The minimum atomic E-state index is -0.0338. The lowest BCUT2D eigenvalue weighted by Gasteiger charge is -2.20. The molecule has 0 spiro atoms. The van der Waals surface area contributed by atoms with Crippen molar-refractivity contribution in [1.29, 1.82) is 5.26 Å². The van der Waals surface area contributed by atoms with E-state index in [0.29, 0.717) is 18.7 Å². The molecule has 0 saturated heterocycles. The molecule has 1 amide bonds. The molecule has 2 N–H and O–H groups in total. The predicted octanol–water partition coefficient (Wildman–Crippen LogP) is 2.70. The minimum Gasteiger partial charge on any atom is -0.354 e. The molecule has 0 aliphatic rings. The van der Waals surface area contributed by atoms with Crippen LogP contribution in [0.15, 0.2) is 29.2 Å². The van der Waals surface area contributed by atoms with Crippen molar-refractivity contribution in [3.05, 3.63) is 29.8 Å². The van der Waals surface area contributed by atoms with Crippen LogP contribution in [0, 0.1) is 11.3 Å². The Morgan fingerprint density at radius 3 is 2.81 bits per heavy atom. The van der Waals surface area contributed by atoms with Gasteiger partial charge in [0.2, 0.25) is 5.91 Å². The number of benzene rings is 1. The highest BCUT2D eigenvalue weighted by molar-refractivity contribution is 8.00. The summed E-state index contributed by atoms with van der Waals surface area (Å²) in [4.78, 5) is 12.7. The van der Waals surface area contributed by atoms with E-state index in [1.807, 2.05) is 18.2 Å². The summed E-state index contributed by atoms with van der Waals surface area (Å²) < 4.78 is 0. The Kier molecular flexibility index (Phi) is 7.27. The van der Waals surface area contributed by atoms with Crippen molar-refractivity contribution in [1.82, 2.24) is 10.6 Å². The summed E-state index contributed by atoms with van der Waals surface area (Å²) in [6.45, 7) is 7.64. The third-order valence-electron chi connectivity index (χ3n) is 2.65. The molecular weight excluding hydrogens is 282 g/mol. The second-order valence-electron chi connectivity index (χ2n) is 5.80. The van der Waals surface area contributed by atoms with E-state index >= 15 is 0 Å². The van der Waals surface area contributed by atoms with Crippen molar-refractivity contribution in [2.24, 2.45) is 0 Å². The van der Waals surface area contributed by atoms with E-state index < -0.39 is 0 Å². The van der Waals surface area contributed by atoms with Crippen LogP contribution in [-0.2, 0) is 11.3 Å². The molecule has 4 nitrogen and oxygen atoms in total. The molecule has 0 aliphatic heterocycles. The van der Waals surface area contributed by atoms with Crippen molar-refractivity contribution < 1.29 is 4.79 Å². The molecule has 1 aromatic carbocycles. The molecule has 21 heavy (non-hydrogen) atoms. The molecule has 114 valence electrons. The summed E-state index contributed by atoms with van der Waals surface area (Å²) in [5.41, 5.74) is 1.30. The number of carbonyl (C=O) groups is 1. The summed E-state index contributed by atoms with van der Waals surface area (Å²) >= 11 is 1.51. The molecule has 1 rings (SSSR count). The van der Waals surface area contributed by atoms with Crippen LogP contribution in [-0.4, -0.2) is 23.7 Å². The molecule has 0 fully saturated rings. The Balaban J connectivity index is 2.42. The van der Waals surface area contributed by atoms with E-state index in [2.05, 4.69) is 43.5 Å². The van der Waals surface area contributed by atoms with Crippen molar-refractivity contribution in [2.75, 3.05) is 12.3 Å². The molecule has 0 bridgehead atoms. The average molecular weight is 305 g/mol. The van der Waals surface area contributed by atoms with E-state index in [1.54, 1.807) is 0 Å². The van der Waals surface area contributed by atoms with E-state index in [-0.39, 0.29) is 11.4 Å². The summed E-state index contributed by atoms with van der Waals surface area (Å²) in [5, 5.41) is 14.6. The van der Waals surface area contributed by atoms with Crippen LogP contribution in [0.25, 0.3) is 0 Å². The molecule has 5 heteroatoms. The number of nitriles is 1. The largest absolute Gasteiger partial charge is 0.354 e. The fraction of sp³-hybridized carbons (Fsp3) is 0.500. The molecule has 0 heterocycles. The van der Waals surface area contributed by atoms with Crippen LogP contribution in [0.2, 0.25) is 0 Å². The topological polar surface area (TPSA) is 64.9 Å². The summed E-state index contributed by atoms with van der Waals surface area (Å²) in [6.07, 6.45) is 0.352. The maximum atomic E-state index is 11.6. The normalized spacial score (nSPS) is 11.0. The predicted molar refractivity (Wildman–Crippen MR) is 87.0 cm³/mol. The van der Waals surface area contributed by atoms with Gasteiger partial charge >= 0.3 is 0 Å². The summed E-state index contributed by atoms with van der Waals surface area (Å²) in [5.74, 6) is 0.343.